The molecule has 0 atom stereocenters. The summed E-state index contributed by atoms with van der Waals surface area (Å²) in [7, 11) is 0. The van der Waals surface area contributed by atoms with Crippen LogP contribution >= 0.6 is 0 Å². The first-order valence-electron chi connectivity index (χ1n) is 9.52. The molecule has 2 heterocycles. The third-order valence-corrected chi connectivity index (χ3v) is 5.12. The number of rotatable bonds is 6. The molecular formula is C22H25N3O2. The number of carbonyl (C=O) groups is 1. The third-order valence-electron chi connectivity index (χ3n) is 5.12. The maximum Gasteiger partial charge on any atom is 0.226 e. The van der Waals surface area contributed by atoms with Crippen LogP contribution in [0.3, 0.4) is 0 Å². The van der Waals surface area contributed by atoms with Crippen molar-refractivity contribution in [3.63, 3.8) is 0 Å². The van der Waals surface area contributed by atoms with E-state index >= 15 is 0 Å². The molecule has 0 aliphatic carbocycles. The molecule has 0 bridgehead atoms. The first kappa shape index (κ1) is 17.6. The zero-order valence-corrected chi connectivity index (χ0v) is 15.4. The van der Waals surface area contributed by atoms with Gasteiger partial charge in [0.25, 0.3) is 0 Å². The summed E-state index contributed by atoms with van der Waals surface area (Å²) in [5.41, 5.74) is 2.50. The lowest BCUT2D eigenvalue weighted by molar-refractivity contribution is -0.133. The van der Waals surface area contributed by atoms with E-state index in [0.717, 1.165) is 38.5 Å². The van der Waals surface area contributed by atoms with Gasteiger partial charge in [0.2, 0.25) is 5.91 Å². The Bertz CT molecular complexity index is 883. The average Bonchev–Trinajstić information content (AvgIpc) is 3.12. The van der Waals surface area contributed by atoms with Crippen molar-refractivity contribution in [3.05, 3.63) is 66.4 Å². The van der Waals surface area contributed by atoms with Crippen LogP contribution in [0.1, 0.15) is 12.0 Å². The van der Waals surface area contributed by atoms with E-state index < -0.39 is 0 Å². The fourth-order valence-corrected chi connectivity index (χ4v) is 3.59. The van der Waals surface area contributed by atoms with Crippen LogP contribution in [0.25, 0.3) is 10.9 Å². The molecule has 1 aromatic heterocycles. The Hall–Kier alpha value is -2.79. The van der Waals surface area contributed by atoms with Gasteiger partial charge in [0, 0.05) is 49.8 Å². The van der Waals surface area contributed by atoms with Crippen molar-refractivity contribution >= 4 is 16.8 Å². The van der Waals surface area contributed by atoms with Gasteiger partial charge in [-0.25, -0.2) is 0 Å². The predicted molar refractivity (Wildman–Crippen MR) is 107 cm³/mol. The van der Waals surface area contributed by atoms with Gasteiger partial charge in [-0.05, 0) is 23.8 Å². The predicted octanol–water partition coefficient (Wildman–Crippen LogP) is 3.28. The Labute approximate surface area is 159 Å². The number of aromatic nitrogens is 1. The maximum absolute atomic E-state index is 12.4. The normalized spacial score (nSPS) is 15.2. The molecule has 5 heteroatoms. The zero-order valence-electron chi connectivity index (χ0n) is 15.4. The van der Waals surface area contributed by atoms with Gasteiger partial charge in [0.1, 0.15) is 5.75 Å². The summed E-state index contributed by atoms with van der Waals surface area (Å²) >= 11 is 0. The van der Waals surface area contributed by atoms with Crippen molar-refractivity contribution in [1.82, 2.24) is 14.8 Å². The summed E-state index contributed by atoms with van der Waals surface area (Å²) in [5.74, 6) is 0.992. The second-order valence-corrected chi connectivity index (χ2v) is 6.93. The van der Waals surface area contributed by atoms with Crippen LogP contribution in [0.4, 0.5) is 0 Å². The van der Waals surface area contributed by atoms with Crippen molar-refractivity contribution in [2.45, 2.75) is 13.0 Å². The van der Waals surface area contributed by atoms with Crippen molar-refractivity contribution in [2.75, 3.05) is 32.8 Å². The zero-order chi connectivity index (χ0) is 18.5. The fourth-order valence-electron chi connectivity index (χ4n) is 3.59. The quantitative estimate of drug-likeness (QED) is 0.731. The number of ether oxygens (including phenoxy) is 1. The van der Waals surface area contributed by atoms with E-state index in [0.29, 0.717) is 13.0 Å². The lowest BCUT2D eigenvalue weighted by Gasteiger charge is -2.34. The highest BCUT2D eigenvalue weighted by Crippen LogP contribution is 2.20. The van der Waals surface area contributed by atoms with Gasteiger partial charge in [-0.3, -0.25) is 9.69 Å². The number of carbonyl (C=O) groups excluding carboxylic acids is 1. The molecule has 1 N–H and O–H groups in total. The van der Waals surface area contributed by atoms with E-state index in [2.05, 4.69) is 40.3 Å². The number of aromatic amines is 1. The van der Waals surface area contributed by atoms with Gasteiger partial charge in [0.15, 0.2) is 0 Å². The van der Waals surface area contributed by atoms with Gasteiger partial charge >= 0.3 is 0 Å². The molecule has 140 valence electrons. The van der Waals surface area contributed by atoms with E-state index in [1.165, 1.54) is 16.5 Å². The summed E-state index contributed by atoms with van der Waals surface area (Å²) in [6.07, 6.45) is 2.53. The lowest BCUT2D eigenvalue weighted by Crippen LogP contribution is -2.48. The average molecular weight is 363 g/mol. The first-order chi connectivity index (χ1) is 13.3. The van der Waals surface area contributed by atoms with E-state index in [-0.39, 0.29) is 5.91 Å². The summed E-state index contributed by atoms with van der Waals surface area (Å²) < 4.78 is 5.64. The Kier molecular flexibility index (Phi) is 5.39. The van der Waals surface area contributed by atoms with E-state index in [4.69, 9.17) is 4.74 Å². The van der Waals surface area contributed by atoms with Gasteiger partial charge < -0.3 is 14.6 Å². The molecule has 0 radical (unpaired) electrons. The van der Waals surface area contributed by atoms with Gasteiger partial charge in [0.05, 0.1) is 13.0 Å². The summed E-state index contributed by atoms with van der Waals surface area (Å²) in [5, 5.41) is 1.29. The van der Waals surface area contributed by atoms with Crippen molar-refractivity contribution in [1.29, 1.82) is 0 Å². The van der Waals surface area contributed by atoms with Gasteiger partial charge in [-0.15, -0.1) is 0 Å². The van der Waals surface area contributed by atoms with Crippen LogP contribution in [-0.2, 0) is 11.3 Å². The molecule has 1 saturated heterocycles. The smallest absolute Gasteiger partial charge is 0.226 e. The Morgan fingerprint density at radius 3 is 2.52 bits per heavy atom. The van der Waals surface area contributed by atoms with Gasteiger partial charge in [-0.1, -0.05) is 36.4 Å². The van der Waals surface area contributed by atoms with E-state index in [1.807, 2.05) is 35.2 Å². The lowest BCUT2D eigenvalue weighted by atomic mass is 10.1. The Morgan fingerprint density at radius 1 is 0.963 bits per heavy atom. The van der Waals surface area contributed by atoms with E-state index in [1.54, 1.807) is 0 Å². The number of nitrogens with one attached hydrogen (secondary N) is 1. The minimum Gasteiger partial charge on any atom is -0.493 e. The molecule has 4 rings (SSSR count). The van der Waals surface area contributed by atoms with Crippen molar-refractivity contribution in [3.8, 4) is 5.75 Å². The molecule has 1 fully saturated rings. The minimum absolute atomic E-state index is 0.178. The second kappa shape index (κ2) is 8.27. The third kappa shape index (κ3) is 4.31. The number of nitrogens with zero attached hydrogens (tertiary/aromatic N) is 2. The highest BCUT2D eigenvalue weighted by Gasteiger charge is 2.21. The molecule has 5 nitrogen and oxygen atoms in total. The molecule has 0 saturated carbocycles. The number of benzene rings is 2. The highest BCUT2D eigenvalue weighted by molar-refractivity contribution is 5.83. The number of amides is 1. The number of hydrogen-bond donors (Lipinski definition) is 1. The van der Waals surface area contributed by atoms with Crippen LogP contribution in [0.5, 0.6) is 5.75 Å². The summed E-state index contributed by atoms with van der Waals surface area (Å²) in [6, 6.07) is 18.0. The molecule has 1 aliphatic rings. The maximum atomic E-state index is 12.4. The highest BCUT2D eigenvalue weighted by atomic mass is 16.5. The molecular weight excluding hydrogens is 338 g/mol. The molecule has 3 aromatic rings. The number of H-pyrrole nitrogens is 1. The van der Waals surface area contributed by atoms with Crippen LogP contribution in [-0.4, -0.2) is 53.5 Å². The number of para-hydroxylation sites is 2. The number of piperazine rings is 1. The van der Waals surface area contributed by atoms with Crippen molar-refractivity contribution in [2.24, 2.45) is 0 Å². The number of hydrogen-bond acceptors (Lipinski definition) is 3. The topological polar surface area (TPSA) is 48.6 Å². The van der Waals surface area contributed by atoms with Crippen LogP contribution < -0.4 is 4.74 Å². The molecule has 1 amide bonds. The second-order valence-electron chi connectivity index (χ2n) is 6.93. The summed E-state index contributed by atoms with van der Waals surface area (Å²) in [4.78, 5) is 20.1. The van der Waals surface area contributed by atoms with E-state index in [9.17, 15) is 4.79 Å². The number of fused-ring (bicyclic) bond motifs is 1. The first-order valence-corrected chi connectivity index (χ1v) is 9.52. The van der Waals surface area contributed by atoms with Crippen molar-refractivity contribution < 1.29 is 9.53 Å². The van der Waals surface area contributed by atoms with Crippen LogP contribution in [0.2, 0.25) is 0 Å². The monoisotopic (exact) mass is 363 g/mol. The van der Waals surface area contributed by atoms with Crippen LogP contribution in [0.15, 0.2) is 60.8 Å². The molecule has 0 spiro atoms. The molecule has 2 aromatic carbocycles. The Morgan fingerprint density at radius 2 is 1.70 bits per heavy atom. The molecule has 1 aliphatic heterocycles. The molecule has 27 heavy (non-hydrogen) atoms. The fraction of sp³-hybridized carbons (Fsp3) is 0.318. The Balaban J connectivity index is 1.23. The van der Waals surface area contributed by atoms with Crippen LogP contribution in [0, 0.1) is 0 Å². The SMILES string of the molecule is O=C(CCOc1ccccc1)N1CCN(Cc2c[nH]c3ccccc23)CC1. The van der Waals surface area contributed by atoms with Gasteiger partial charge in [-0.2, -0.15) is 0 Å². The standard InChI is InChI=1S/C22H25N3O2/c26-22(10-15-27-19-6-2-1-3-7-19)25-13-11-24(12-14-25)17-18-16-23-21-9-5-4-8-20(18)21/h1-9,16,23H,10-15,17H2. The summed E-state index contributed by atoms with van der Waals surface area (Å²) in [6.45, 7) is 4.73. The largest absolute Gasteiger partial charge is 0.493 e. The molecule has 0 unspecified atom stereocenters. The minimum atomic E-state index is 0.178.